The van der Waals surface area contributed by atoms with Crippen molar-refractivity contribution in [2.24, 2.45) is 11.3 Å². The quantitative estimate of drug-likeness (QED) is 0.866. The fraction of sp³-hybridized carbons (Fsp3) is 0.643. The molecule has 0 unspecified atom stereocenters. The topological polar surface area (TPSA) is 89.9 Å². The van der Waals surface area contributed by atoms with Crippen molar-refractivity contribution in [1.82, 2.24) is 19.5 Å². The number of hydrogen-bond donors (Lipinski definition) is 2. The molecule has 2 aliphatic rings. The van der Waals surface area contributed by atoms with Crippen LogP contribution >= 0.6 is 0 Å². The highest BCUT2D eigenvalue weighted by Gasteiger charge is 2.50. The molecule has 2 aromatic heterocycles. The molecular weight excluding hydrogens is 254 g/mol. The number of rotatable bonds is 2. The van der Waals surface area contributed by atoms with Gasteiger partial charge >= 0.3 is 0 Å². The molecular formula is C14H19N5O. The Labute approximate surface area is 117 Å². The van der Waals surface area contributed by atoms with Gasteiger partial charge in [-0.3, -0.25) is 0 Å². The average molecular weight is 273 g/mol. The van der Waals surface area contributed by atoms with Crippen molar-refractivity contribution in [3.8, 4) is 0 Å². The third-order valence-electron chi connectivity index (χ3n) is 5.39. The van der Waals surface area contributed by atoms with Crippen LogP contribution in [0, 0.1) is 11.3 Å². The summed E-state index contributed by atoms with van der Waals surface area (Å²) in [4.78, 5) is 12.7. The van der Waals surface area contributed by atoms with Gasteiger partial charge in [0.25, 0.3) is 0 Å². The van der Waals surface area contributed by atoms with Crippen molar-refractivity contribution >= 4 is 17.0 Å². The minimum absolute atomic E-state index is 0.125. The Balaban J connectivity index is 1.73. The summed E-state index contributed by atoms with van der Waals surface area (Å²) in [5, 5.41) is 9.83. The van der Waals surface area contributed by atoms with E-state index in [-0.39, 0.29) is 5.41 Å². The molecule has 4 rings (SSSR count). The smallest absolute Gasteiger partial charge is 0.165 e. The summed E-state index contributed by atoms with van der Waals surface area (Å²) in [7, 11) is 0. The van der Waals surface area contributed by atoms with Gasteiger partial charge in [-0.05, 0) is 37.0 Å². The summed E-state index contributed by atoms with van der Waals surface area (Å²) in [5.74, 6) is 1.07. The molecule has 6 heteroatoms. The third-order valence-corrected chi connectivity index (χ3v) is 5.39. The highest BCUT2D eigenvalue weighted by atomic mass is 16.3. The van der Waals surface area contributed by atoms with Crippen molar-refractivity contribution in [2.75, 3.05) is 12.3 Å². The first kappa shape index (κ1) is 12.1. The molecule has 2 aliphatic carbocycles. The Morgan fingerprint density at radius 2 is 2.30 bits per heavy atom. The van der Waals surface area contributed by atoms with E-state index in [1.54, 1.807) is 0 Å². The highest BCUT2D eigenvalue weighted by Crippen LogP contribution is 2.57. The number of nitrogens with two attached hydrogens (primary N) is 1. The molecule has 0 aliphatic heterocycles. The number of nitrogens with zero attached hydrogens (tertiary/aromatic N) is 4. The van der Waals surface area contributed by atoms with Crippen LogP contribution in [0.2, 0.25) is 0 Å². The van der Waals surface area contributed by atoms with Crippen LogP contribution in [-0.4, -0.2) is 31.2 Å². The summed E-state index contributed by atoms with van der Waals surface area (Å²) in [6.45, 7) is 0.303. The molecule has 0 aromatic carbocycles. The number of nitrogen functional groups attached to an aromatic ring is 1. The first-order valence-electron chi connectivity index (χ1n) is 7.27. The normalized spacial score (nSPS) is 32.9. The van der Waals surface area contributed by atoms with Crippen molar-refractivity contribution in [3.05, 3.63) is 12.7 Å². The fourth-order valence-electron chi connectivity index (χ4n) is 4.35. The van der Waals surface area contributed by atoms with Crippen molar-refractivity contribution in [1.29, 1.82) is 0 Å². The number of imidazole rings is 1. The monoisotopic (exact) mass is 273 g/mol. The summed E-state index contributed by atoms with van der Waals surface area (Å²) in [6.07, 6.45) is 9.08. The van der Waals surface area contributed by atoms with Crippen LogP contribution in [-0.2, 0) is 0 Å². The molecule has 20 heavy (non-hydrogen) atoms. The zero-order chi connectivity index (χ0) is 13.7. The molecule has 3 N–H and O–H groups in total. The molecule has 2 fully saturated rings. The maximum Gasteiger partial charge on any atom is 0.165 e. The number of aliphatic hydroxyl groups excluding tert-OH is 1. The molecule has 2 aromatic rings. The van der Waals surface area contributed by atoms with Gasteiger partial charge in [0, 0.05) is 12.6 Å². The third kappa shape index (κ3) is 1.51. The molecule has 2 heterocycles. The summed E-state index contributed by atoms with van der Waals surface area (Å²) in [6, 6.07) is 0.367. The fourth-order valence-corrected chi connectivity index (χ4v) is 4.35. The molecule has 0 spiro atoms. The number of aliphatic hydroxyl groups is 1. The predicted molar refractivity (Wildman–Crippen MR) is 74.9 cm³/mol. The molecule has 0 bridgehead atoms. The van der Waals surface area contributed by atoms with Gasteiger partial charge in [-0.25, -0.2) is 15.0 Å². The van der Waals surface area contributed by atoms with E-state index in [4.69, 9.17) is 5.73 Å². The lowest BCUT2D eigenvalue weighted by molar-refractivity contribution is 0.104. The van der Waals surface area contributed by atoms with Crippen LogP contribution in [0.25, 0.3) is 11.2 Å². The second kappa shape index (κ2) is 4.15. The van der Waals surface area contributed by atoms with E-state index >= 15 is 0 Å². The predicted octanol–water partition coefficient (Wildman–Crippen LogP) is 1.52. The van der Waals surface area contributed by atoms with Gasteiger partial charge in [-0.2, -0.15) is 0 Å². The van der Waals surface area contributed by atoms with E-state index in [0.29, 0.717) is 29.9 Å². The van der Waals surface area contributed by atoms with Crippen molar-refractivity contribution in [2.45, 2.75) is 38.1 Å². The maximum absolute atomic E-state index is 9.83. The molecule has 0 radical (unpaired) electrons. The second-order valence-corrected chi connectivity index (χ2v) is 6.29. The summed E-state index contributed by atoms with van der Waals surface area (Å²) >= 11 is 0. The molecule has 106 valence electrons. The second-order valence-electron chi connectivity index (χ2n) is 6.29. The summed E-state index contributed by atoms with van der Waals surface area (Å²) in [5.41, 5.74) is 7.47. The SMILES string of the molecule is Nc1ncnc2c1ncn2[C@H]1C[C@@H]2CCC[C@]2(CO)C1. The molecule has 0 amide bonds. The molecule has 3 atom stereocenters. The Morgan fingerprint density at radius 3 is 3.10 bits per heavy atom. The molecule has 0 saturated heterocycles. The van der Waals surface area contributed by atoms with E-state index < -0.39 is 0 Å². The van der Waals surface area contributed by atoms with Gasteiger partial charge < -0.3 is 15.4 Å². The number of fused-ring (bicyclic) bond motifs is 2. The van der Waals surface area contributed by atoms with Gasteiger partial charge in [0.1, 0.15) is 11.8 Å². The zero-order valence-electron chi connectivity index (χ0n) is 11.4. The minimum Gasteiger partial charge on any atom is -0.396 e. The van der Waals surface area contributed by atoms with E-state index in [1.165, 1.54) is 19.2 Å². The van der Waals surface area contributed by atoms with Gasteiger partial charge in [0.05, 0.1) is 6.33 Å². The van der Waals surface area contributed by atoms with Gasteiger partial charge in [-0.15, -0.1) is 0 Å². The Morgan fingerprint density at radius 1 is 1.40 bits per heavy atom. The van der Waals surface area contributed by atoms with E-state index in [2.05, 4.69) is 19.5 Å². The molecule has 6 nitrogen and oxygen atoms in total. The van der Waals surface area contributed by atoms with Gasteiger partial charge in [0.15, 0.2) is 11.5 Å². The van der Waals surface area contributed by atoms with Crippen LogP contribution in [0.15, 0.2) is 12.7 Å². The number of aromatic nitrogens is 4. The Hall–Kier alpha value is -1.69. The van der Waals surface area contributed by atoms with Crippen LogP contribution in [0.1, 0.15) is 38.1 Å². The zero-order valence-corrected chi connectivity index (χ0v) is 11.4. The van der Waals surface area contributed by atoms with Crippen LogP contribution in [0.4, 0.5) is 5.82 Å². The average Bonchev–Trinajstić information content (AvgIpc) is 3.09. The number of hydrogen-bond acceptors (Lipinski definition) is 5. The lowest BCUT2D eigenvalue weighted by Gasteiger charge is -2.26. The first-order valence-corrected chi connectivity index (χ1v) is 7.27. The molecule has 2 saturated carbocycles. The summed E-state index contributed by atoms with van der Waals surface area (Å²) < 4.78 is 2.13. The van der Waals surface area contributed by atoms with E-state index in [1.807, 2.05) is 6.33 Å². The lowest BCUT2D eigenvalue weighted by Crippen LogP contribution is -2.24. The Bertz CT molecular complexity index is 654. The first-order chi connectivity index (χ1) is 9.73. The van der Waals surface area contributed by atoms with Crippen LogP contribution in [0.3, 0.4) is 0 Å². The highest BCUT2D eigenvalue weighted by molar-refractivity contribution is 5.81. The van der Waals surface area contributed by atoms with Crippen molar-refractivity contribution < 1.29 is 5.11 Å². The van der Waals surface area contributed by atoms with Gasteiger partial charge in [0.2, 0.25) is 0 Å². The minimum atomic E-state index is 0.125. The van der Waals surface area contributed by atoms with Crippen LogP contribution < -0.4 is 5.73 Å². The standard InChI is InChI=1S/C14H19N5O/c15-12-11-13(17-7-16-12)19(8-18-11)10-4-9-2-1-3-14(9,5-10)6-20/h7-10,20H,1-6H2,(H2,15,16,17)/t9-,10-,14+/m0/s1. The maximum atomic E-state index is 9.83. The van der Waals surface area contributed by atoms with E-state index in [9.17, 15) is 5.11 Å². The van der Waals surface area contributed by atoms with Crippen molar-refractivity contribution in [3.63, 3.8) is 0 Å². The largest absolute Gasteiger partial charge is 0.396 e. The Kier molecular flexibility index (Phi) is 2.51. The van der Waals surface area contributed by atoms with E-state index in [0.717, 1.165) is 24.9 Å². The number of anilines is 1. The van der Waals surface area contributed by atoms with Crippen LogP contribution in [0.5, 0.6) is 0 Å². The van der Waals surface area contributed by atoms with Gasteiger partial charge in [-0.1, -0.05) is 6.42 Å². The lowest BCUT2D eigenvalue weighted by atomic mass is 9.81.